The number of amides is 1. The molecule has 198 valence electrons. The van der Waals surface area contributed by atoms with E-state index >= 15 is 0 Å². The Morgan fingerprint density at radius 1 is 0.974 bits per heavy atom. The lowest BCUT2D eigenvalue weighted by atomic mass is 9.50. The molecule has 0 aromatic heterocycles. The van der Waals surface area contributed by atoms with Crippen LogP contribution in [-0.4, -0.2) is 53.2 Å². The van der Waals surface area contributed by atoms with Crippen LogP contribution in [0.15, 0.2) is 78.9 Å². The number of aromatic hydroxyl groups is 1. The molecule has 0 unspecified atom stereocenters. The molecule has 1 heterocycles. The van der Waals surface area contributed by atoms with Gasteiger partial charge in [-0.25, -0.2) is 0 Å². The zero-order chi connectivity index (χ0) is 26.8. The van der Waals surface area contributed by atoms with E-state index in [2.05, 4.69) is 47.5 Å². The number of carboxylic acid groups (broad SMARTS) is 1. The fraction of sp³-hybridized carbons (Fsp3) is 0.375. The van der Waals surface area contributed by atoms with Crippen molar-refractivity contribution in [3.63, 3.8) is 0 Å². The van der Waals surface area contributed by atoms with Gasteiger partial charge in [-0.15, -0.1) is 0 Å². The van der Waals surface area contributed by atoms with E-state index in [1.165, 1.54) is 16.7 Å². The van der Waals surface area contributed by atoms with Gasteiger partial charge in [0.15, 0.2) is 0 Å². The molecule has 1 amide bonds. The maximum atomic E-state index is 13.1. The second kappa shape index (κ2) is 10.6. The smallest absolute Gasteiger partial charge is 0.322 e. The number of rotatable bonds is 8. The average Bonchev–Trinajstić information content (AvgIpc) is 2.90. The van der Waals surface area contributed by atoms with Gasteiger partial charge in [0.1, 0.15) is 12.3 Å². The maximum Gasteiger partial charge on any atom is 0.322 e. The molecule has 38 heavy (non-hydrogen) atoms. The van der Waals surface area contributed by atoms with Crippen molar-refractivity contribution in [1.29, 1.82) is 0 Å². The Balaban J connectivity index is 1.44. The number of carbonyl (C=O) groups excluding carboxylic acids is 1. The number of benzene rings is 3. The minimum Gasteiger partial charge on any atom is -0.508 e. The van der Waals surface area contributed by atoms with Crippen LogP contribution in [0.5, 0.6) is 5.75 Å². The summed E-state index contributed by atoms with van der Waals surface area (Å²) < 4.78 is 0. The minimum atomic E-state index is -1.04. The van der Waals surface area contributed by atoms with Gasteiger partial charge < -0.3 is 20.4 Å². The van der Waals surface area contributed by atoms with Gasteiger partial charge in [-0.1, -0.05) is 73.7 Å². The lowest BCUT2D eigenvalue weighted by Gasteiger charge is -2.58. The molecule has 0 spiro atoms. The molecular weight excluding hydrogens is 476 g/mol. The van der Waals surface area contributed by atoms with Crippen LogP contribution in [0.1, 0.15) is 35.6 Å². The van der Waals surface area contributed by atoms with Crippen LogP contribution in [0.3, 0.4) is 0 Å². The van der Waals surface area contributed by atoms with Gasteiger partial charge in [-0.3, -0.25) is 9.59 Å². The second-order valence-electron chi connectivity index (χ2n) is 11.3. The van der Waals surface area contributed by atoms with Crippen LogP contribution in [0.25, 0.3) is 0 Å². The summed E-state index contributed by atoms with van der Waals surface area (Å²) in [5.74, 6) is -1.33. The van der Waals surface area contributed by atoms with Gasteiger partial charge in [0.2, 0.25) is 5.91 Å². The summed E-state index contributed by atoms with van der Waals surface area (Å²) in [7, 11) is 0. The molecule has 0 saturated carbocycles. The number of carboxylic acids is 1. The molecule has 2 aliphatic rings. The highest BCUT2D eigenvalue weighted by molar-refractivity contribution is 5.83. The van der Waals surface area contributed by atoms with Crippen LogP contribution in [0.2, 0.25) is 0 Å². The Bertz CT molecular complexity index is 1310. The molecule has 3 aromatic carbocycles. The predicted octanol–water partition coefficient (Wildman–Crippen LogP) is 4.20. The number of phenols is 1. The highest BCUT2D eigenvalue weighted by Crippen LogP contribution is 2.55. The fourth-order valence-electron chi connectivity index (χ4n) is 6.86. The van der Waals surface area contributed by atoms with Gasteiger partial charge >= 0.3 is 5.97 Å². The zero-order valence-corrected chi connectivity index (χ0v) is 21.9. The monoisotopic (exact) mass is 512 g/mol. The molecule has 6 heteroatoms. The molecule has 3 aromatic rings. The largest absolute Gasteiger partial charge is 0.508 e. The molecule has 3 N–H and O–H groups in total. The summed E-state index contributed by atoms with van der Waals surface area (Å²) in [6.07, 6.45) is 3.31. The van der Waals surface area contributed by atoms with E-state index in [9.17, 15) is 14.7 Å². The molecule has 1 saturated heterocycles. The van der Waals surface area contributed by atoms with Gasteiger partial charge in [-0.05, 0) is 72.0 Å². The number of hydrogen-bond acceptors (Lipinski definition) is 4. The lowest BCUT2D eigenvalue weighted by Crippen LogP contribution is -2.61. The quantitative estimate of drug-likeness (QED) is 0.421. The average molecular weight is 513 g/mol. The molecular formula is C32H36N2O4. The van der Waals surface area contributed by atoms with Crippen LogP contribution >= 0.6 is 0 Å². The molecule has 0 bridgehead atoms. The lowest BCUT2D eigenvalue weighted by molar-refractivity contribution is -0.138. The third-order valence-electron chi connectivity index (χ3n) is 8.76. The van der Waals surface area contributed by atoms with E-state index in [0.29, 0.717) is 18.7 Å². The van der Waals surface area contributed by atoms with Crippen molar-refractivity contribution in [1.82, 2.24) is 10.2 Å². The molecule has 1 fully saturated rings. The normalized spacial score (nSPS) is 23.6. The number of nitrogens with zero attached hydrogens (tertiary/aromatic N) is 1. The summed E-state index contributed by atoms with van der Waals surface area (Å²) in [5, 5.41) is 22.1. The number of piperidine rings is 1. The van der Waals surface area contributed by atoms with E-state index in [1.807, 2.05) is 42.5 Å². The topological polar surface area (TPSA) is 89.9 Å². The third-order valence-corrected chi connectivity index (χ3v) is 8.76. The van der Waals surface area contributed by atoms with Crippen LogP contribution < -0.4 is 5.32 Å². The fourth-order valence-corrected chi connectivity index (χ4v) is 6.86. The molecule has 5 rings (SSSR count). The van der Waals surface area contributed by atoms with Gasteiger partial charge in [0, 0.05) is 18.5 Å². The summed E-state index contributed by atoms with van der Waals surface area (Å²) in [6.45, 7) is 4.18. The Hall–Kier alpha value is -3.64. The van der Waals surface area contributed by atoms with Crippen molar-refractivity contribution in [2.75, 3.05) is 26.2 Å². The molecule has 6 nitrogen and oxygen atoms in total. The minimum absolute atomic E-state index is 0.109. The first-order chi connectivity index (χ1) is 18.3. The third kappa shape index (κ3) is 5.18. The summed E-state index contributed by atoms with van der Waals surface area (Å²) >= 11 is 0. The summed E-state index contributed by atoms with van der Waals surface area (Å²) in [5.41, 5.74) is 4.74. The van der Waals surface area contributed by atoms with Crippen molar-refractivity contribution in [2.45, 2.75) is 38.0 Å². The number of hydrogen-bond donors (Lipinski definition) is 3. The summed E-state index contributed by atoms with van der Waals surface area (Å²) in [4.78, 5) is 26.7. The maximum absolute atomic E-state index is 13.1. The van der Waals surface area contributed by atoms with Crippen molar-refractivity contribution >= 4 is 11.9 Å². The van der Waals surface area contributed by atoms with Crippen molar-refractivity contribution in [2.24, 2.45) is 11.3 Å². The van der Waals surface area contributed by atoms with E-state index in [0.717, 1.165) is 37.9 Å². The van der Waals surface area contributed by atoms with Crippen molar-refractivity contribution in [3.8, 4) is 5.75 Å². The Labute approximate surface area is 224 Å². The highest BCUT2D eigenvalue weighted by Gasteiger charge is 2.55. The van der Waals surface area contributed by atoms with Crippen LogP contribution in [0, 0.1) is 11.3 Å². The molecule has 1 aliphatic heterocycles. The zero-order valence-electron chi connectivity index (χ0n) is 21.9. The Kier molecular flexibility index (Phi) is 7.26. The van der Waals surface area contributed by atoms with E-state index in [1.54, 1.807) is 6.07 Å². The predicted molar refractivity (Wildman–Crippen MR) is 147 cm³/mol. The van der Waals surface area contributed by atoms with Crippen molar-refractivity contribution < 1.29 is 19.8 Å². The first-order valence-corrected chi connectivity index (χ1v) is 13.4. The van der Waals surface area contributed by atoms with E-state index in [-0.39, 0.29) is 29.2 Å². The number of phenolic OH excluding ortho intramolecular Hbond substituents is 1. The number of fused-ring (bicyclic) bond motifs is 2. The molecule has 1 aliphatic carbocycles. The van der Waals surface area contributed by atoms with Crippen LogP contribution in [0.4, 0.5) is 0 Å². The first kappa shape index (κ1) is 26.0. The number of carbonyl (C=O) groups is 2. The highest BCUT2D eigenvalue weighted by atomic mass is 16.4. The van der Waals surface area contributed by atoms with E-state index in [4.69, 9.17) is 5.11 Å². The van der Waals surface area contributed by atoms with Crippen LogP contribution in [-0.2, 0) is 34.3 Å². The summed E-state index contributed by atoms with van der Waals surface area (Å²) in [6, 6.07) is 26.3. The number of aliphatic carboxylic acids is 1. The standard InChI is InChI=1S/C32H36N2O4/c1-31-18-24-10-5-6-11-25(24)19-32(31,27-12-7-13-28(35)17-27)14-15-34(22-31)21-26(30(38)33-20-29(36)37)16-23-8-3-2-4-9-23/h2-13,17,26,35H,14-16,18-22H2,1H3,(H,33,38)(H,36,37)/t26-,31-,32-/m0/s1. The Morgan fingerprint density at radius 2 is 1.68 bits per heavy atom. The SMILES string of the molecule is C[C@@]12Cc3ccccc3C[C@]1(c1cccc(O)c1)CCN(C[C@H](Cc1ccccc1)C(=O)NCC(=O)O)C2. The van der Waals surface area contributed by atoms with Crippen molar-refractivity contribution in [3.05, 3.63) is 101 Å². The number of nitrogens with one attached hydrogen (secondary N) is 1. The van der Waals surface area contributed by atoms with Gasteiger partial charge in [0.05, 0.1) is 5.92 Å². The van der Waals surface area contributed by atoms with E-state index < -0.39 is 5.97 Å². The second-order valence-corrected chi connectivity index (χ2v) is 11.3. The number of likely N-dealkylation sites (tertiary alicyclic amines) is 1. The van der Waals surface area contributed by atoms with Gasteiger partial charge in [-0.2, -0.15) is 0 Å². The van der Waals surface area contributed by atoms with Gasteiger partial charge in [0.25, 0.3) is 0 Å². The molecule has 3 atom stereocenters. The first-order valence-electron chi connectivity index (χ1n) is 13.4. The molecule has 0 radical (unpaired) electrons. The Morgan fingerprint density at radius 3 is 2.39 bits per heavy atom.